The van der Waals surface area contributed by atoms with Crippen molar-refractivity contribution in [3.8, 4) is 0 Å². The van der Waals surface area contributed by atoms with Crippen molar-refractivity contribution in [1.29, 1.82) is 0 Å². The molecule has 0 radical (unpaired) electrons. The zero-order chi connectivity index (χ0) is 11.0. The highest BCUT2D eigenvalue weighted by Crippen LogP contribution is 2.35. The lowest BCUT2D eigenvalue weighted by atomic mass is 9.84. The summed E-state index contributed by atoms with van der Waals surface area (Å²) < 4.78 is 0. The standard InChI is InChI=1S/C14H19NO/c16-14(7-3-4-8-14)13-9-11-5-1-2-6-12(11)10-15-13/h1-2,5-6,13,15-16H,3-4,7-10H2/t13-/m1/s1. The molecule has 1 aromatic carbocycles. The lowest BCUT2D eigenvalue weighted by Gasteiger charge is -2.37. The highest BCUT2D eigenvalue weighted by Gasteiger charge is 2.40. The zero-order valence-electron chi connectivity index (χ0n) is 9.58. The summed E-state index contributed by atoms with van der Waals surface area (Å²) in [6, 6.07) is 8.81. The molecule has 1 fully saturated rings. The van der Waals surface area contributed by atoms with E-state index in [0.717, 1.165) is 25.8 Å². The van der Waals surface area contributed by atoms with E-state index in [0.29, 0.717) is 0 Å². The fraction of sp³-hybridized carbons (Fsp3) is 0.571. The second kappa shape index (κ2) is 3.86. The topological polar surface area (TPSA) is 32.3 Å². The molecule has 0 saturated heterocycles. The van der Waals surface area contributed by atoms with Crippen LogP contribution < -0.4 is 5.32 Å². The van der Waals surface area contributed by atoms with Gasteiger partial charge in [0.1, 0.15) is 0 Å². The van der Waals surface area contributed by atoms with Crippen LogP contribution in [0, 0.1) is 0 Å². The van der Waals surface area contributed by atoms with Gasteiger partial charge >= 0.3 is 0 Å². The Morgan fingerprint density at radius 1 is 1.12 bits per heavy atom. The molecule has 2 aliphatic rings. The normalized spacial score (nSPS) is 27.7. The van der Waals surface area contributed by atoms with E-state index < -0.39 is 5.60 Å². The summed E-state index contributed by atoms with van der Waals surface area (Å²) in [6.07, 6.45) is 5.26. The van der Waals surface area contributed by atoms with Gasteiger partial charge in [-0.15, -0.1) is 0 Å². The molecule has 86 valence electrons. The van der Waals surface area contributed by atoms with Crippen molar-refractivity contribution in [2.45, 2.75) is 50.3 Å². The SMILES string of the molecule is OC1([C@H]2Cc3ccccc3CN2)CCCC1. The maximum atomic E-state index is 10.6. The van der Waals surface area contributed by atoms with Crippen LogP contribution >= 0.6 is 0 Å². The number of nitrogens with one attached hydrogen (secondary N) is 1. The van der Waals surface area contributed by atoms with Crippen molar-refractivity contribution in [1.82, 2.24) is 5.32 Å². The van der Waals surface area contributed by atoms with Gasteiger partial charge in [-0.1, -0.05) is 37.1 Å². The lowest BCUT2D eigenvalue weighted by molar-refractivity contribution is 0.00513. The van der Waals surface area contributed by atoms with Gasteiger partial charge in [-0.25, -0.2) is 0 Å². The van der Waals surface area contributed by atoms with Crippen molar-refractivity contribution < 1.29 is 5.11 Å². The van der Waals surface area contributed by atoms with E-state index in [-0.39, 0.29) is 6.04 Å². The number of fused-ring (bicyclic) bond motifs is 1. The fourth-order valence-corrected chi connectivity index (χ4v) is 3.17. The number of hydrogen-bond donors (Lipinski definition) is 2. The molecule has 2 heteroatoms. The second-order valence-corrected chi connectivity index (χ2v) is 5.22. The van der Waals surface area contributed by atoms with Crippen molar-refractivity contribution in [2.24, 2.45) is 0 Å². The van der Waals surface area contributed by atoms with Gasteiger partial charge in [0.05, 0.1) is 5.60 Å². The van der Waals surface area contributed by atoms with Crippen LogP contribution in [0.5, 0.6) is 0 Å². The Morgan fingerprint density at radius 2 is 1.81 bits per heavy atom. The molecule has 1 heterocycles. The molecule has 0 spiro atoms. The molecule has 0 unspecified atom stereocenters. The summed E-state index contributed by atoms with van der Waals surface area (Å²) in [5, 5.41) is 14.1. The van der Waals surface area contributed by atoms with Crippen molar-refractivity contribution in [3.63, 3.8) is 0 Å². The Balaban J connectivity index is 1.82. The highest BCUT2D eigenvalue weighted by atomic mass is 16.3. The largest absolute Gasteiger partial charge is 0.388 e. The van der Waals surface area contributed by atoms with Gasteiger partial charge in [-0.05, 0) is 30.4 Å². The molecule has 2 N–H and O–H groups in total. The number of hydrogen-bond acceptors (Lipinski definition) is 2. The molecular weight excluding hydrogens is 198 g/mol. The number of rotatable bonds is 1. The molecular formula is C14H19NO. The van der Waals surface area contributed by atoms with E-state index in [1.807, 2.05) is 0 Å². The third-order valence-electron chi connectivity index (χ3n) is 4.20. The van der Waals surface area contributed by atoms with Crippen molar-refractivity contribution in [3.05, 3.63) is 35.4 Å². The fourth-order valence-electron chi connectivity index (χ4n) is 3.17. The lowest BCUT2D eigenvalue weighted by Crippen LogP contribution is -2.52. The van der Waals surface area contributed by atoms with Gasteiger partial charge in [0.25, 0.3) is 0 Å². The third kappa shape index (κ3) is 1.66. The van der Waals surface area contributed by atoms with Crippen molar-refractivity contribution >= 4 is 0 Å². The number of benzene rings is 1. The second-order valence-electron chi connectivity index (χ2n) is 5.22. The monoisotopic (exact) mass is 217 g/mol. The molecule has 3 rings (SSSR count). The van der Waals surface area contributed by atoms with Gasteiger partial charge in [-0.2, -0.15) is 0 Å². The van der Waals surface area contributed by atoms with E-state index in [2.05, 4.69) is 29.6 Å². The van der Waals surface area contributed by atoms with Crippen LogP contribution in [0.3, 0.4) is 0 Å². The molecule has 0 bridgehead atoms. The van der Waals surface area contributed by atoms with Crippen LogP contribution in [0.15, 0.2) is 24.3 Å². The highest BCUT2D eigenvalue weighted by molar-refractivity contribution is 5.30. The quantitative estimate of drug-likeness (QED) is 0.754. The minimum Gasteiger partial charge on any atom is -0.388 e. The first-order valence-electron chi connectivity index (χ1n) is 6.30. The third-order valence-corrected chi connectivity index (χ3v) is 4.20. The van der Waals surface area contributed by atoms with Gasteiger partial charge in [-0.3, -0.25) is 0 Å². The Kier molecular flexibility index (Phi) is 2.49. The molecule has 2 nitrogen and oxygen atoms in total. The first-order chi connectivity index (χ1) is 7.78. The minimum atomic E-state index is -0.451. The Morgan fingerprint density at radius 3 is 2.56 bits per heavy atom. The Labute approximate surface area is 96.7 Å². The van der Waals surface area contributed by atoms with Gasteiger partial charge < -0.3 is 10.4 Å². The minimum absolute atomic E-state index is 0.255. The van der Waals surface area contributed by atoms with Gasteiger partial charge in [0.2, 0.25) is 0 Å². The first kappa shape index (κ1) is 10.3. The predicted octanol–water partition coefficient (Wildman–Crippen LogP) is 2.01. The van der Waals surface area contributed by atoms with Crippen LogP contribution in [-0.2, 0) is 13.0 Å². The molecule has 1 aliphatic carbocycles. The Bertz CT molecular complexity index is 382. The predicted molar refractivity (Wildman–Crippen MR) is 64.2 cm³/mol. The van der Waals surface area contributed by atoms with Crippen molar-refractivity contribution in [2.75, 3.05) is 0 Å². The van der Waals surface area contributed by atoms with Gasteiger partial charge in [0, 0.05) is 12.6 Å². The molecule has 16 heavy (non-hydrogen) atoms. The van der Waals surface area contributed by atoms with Gasteiger partial charge in [0.15, 0.2) is 0 Å². The van der Waals surface area contributed by atoms with E-state index in [4.69, 9.17) is 0 Å². The van der Waals surface area contributed by atoms with E-state index >= 15 is 0 Å². The van der Waals surface area contributed by atoms with Crippen LogP contribution in [0.25, 0.3) is 0 Å². The smallest absolute Gasteiger partial charge is 0.0803 e. The zero-order valence-corrected chi connectivity index (χ0v) is 9.58. The maximum absolute atomic E-state index is 10.6. The number of aliphatic hydroxyl groups is 1. The molecule has 0 aromatic heterocycles. The average molecular weight is 217 g/mol. The maximum Gasteiger partial charge on any atom is 0.0803 e. The molecule has 1 aliphatic heterocycles. The average Bonchev–Trinajstić information content (AvgIpc) is 2.77. The van der Waals surface area contributed by atoms with E-state index in [1.54, 1.807) is 0 Å². The van der Waals surface area contributed by atoms with Crippen LogP contribution in [-0.4, -0.2) is 16.7 Å². The summed E-state index contributed by atoms with van der Waals surface area (Å²) in [6.45, 7) is 0.906. The summed E-state index contributed by atoms with van der Waals surface area (Å²) in [7, 11) is 0. The summed E-state index contributed by atoms with van der Waals surface area (Å²) in [5.41, 5.74) is 2.35. The van der Waals surface area contributed by atoms with E-state index in [1.165, 1.54) is 24.0 Å². The summed E-state index contributed by atoms with van der Waals surface area (Å²) in [4.78, 5) is 0. The summed E-state index contributed by atoms with van der Waals surface area (Å²) in [5.74, 6) is 0. The first-order valence-corrected chi connectivity index (χ1v) is 6.30. The summed E-state index contributed by atoms with van der Waals surface area (Å²) >= 11 is 0. The van der Waals surface area contributed by atoms with E-state index in [9.17, 15) is 5.11 Å². The molecule has 1 atom stereocenters. The molecule has 0 amide bonds. The van der Waals surface area contributed by atoms with Crippen LogP contribution in [0.2, 0.25) is 0 Å². The molecule has 1 aromatic rings. The van der Waals surface area contributed by atoms with Crippen LogP contribution in [0.4, 0.5) is 0 Å². The van der Waals surface area contributed by atoms with Crippen LogP contribution in [0.1, 0.15) is 36.8 Å². The molecule has 1 saturated carbocycles. The Hall–Kier alpha value is -0.860.